The van der Waals surface area contributed by atoms with E-state index in [-0.39, 0.29) is 12.1 Å². The third kappa shape index (κ3) is 4.19. The van der Waals surface area contributed by atoms with Crippen LogP contribution in [0.1, 0.15) is 23.0 Å². The largest absolute Gasteiger partial charge is 0.336 e. The van der Waals surface area contributed by atoms with E-state index in [2.05, 4.69) is 15.6 Å². The first-order valence-electron chi connectivity index (χ1n) is 7.90. The highest BCUT2D eigenvalue weighted by Crippen LogP contribution is 2.22. The van der Waals surface area contributed by atoms with Gasteiger partial charge in [-0.1, -0.05) is 41.4 Å². The Morgan fingerprint density at radius 3 is 2.40 bits per heavy atom. The minimum absolute atomic E-state index is 0.299. The fraction of sp³-hybridized carbons (Fsp3) is 0.158. The topological polar surface area (TPSA) is 59.0 Å². The number of nitrogens with one attached hydrogen (secondary N) is 2. The van der Waals surface area contributed by atoms with Crippen LogP contribution in [0, 0.1) is 6.92 Å². The summed E-state index contributed by atoms with van der Waals surface area (Å²) in [7, 11) is 1.89. The summed E-state index contributed by atoms with van der Waals surface area (Å²) in [5, 5.41) is 6.48. The van der Waals surface area contributed by atoms with Gasteiger partial charge in [-0.2, -0.15) is 0 Å². The maximum Gasteiger partial charge on any atom is 0.320 e. The summed E-state index contributed by atoms with van der Waals surface area (Å²) < 4.78 is 1.88. The van der Waals surface area contributed by atoms with E-state index in [1.54, 1.807) is 18.3 Å². The number of nitrogens with zero attached hydrogens (tertiary/aromatic N) is 2. The molecule has 0 radical (unpaired) electrons. The first kappa shape index (κ1) is 17.0. The Bertz CT molecular complexity index is 856. The Labute approximate surface area is 151 Å². The van der Waals surface area contributed by atoms with Gasteiger partial charge in [0.1, 0.15) is 11.9 Å². The summed E-state index contributed by atoms with van der Waals surface area (Å²) in [6, 6.07) is 14.3. The average Bonchev–Trinajstić information content (AvgIpc) is 3.01. The number of carbonyl (C=O) groups excluding carboxylic acids is 1. The van der Waals surface area contributed by atoms with Crippen LogP contribution in [0.2, 0.25) is 5.02 Å². The van der Waals surface area contributed by atoms with E-state index in [1.807, 2.05) is 61.1 Å². The van der Waals surface area contributed by atoms with E-state index >= 15 is 0 Å². The zero-order chi connectivity index (χ0) is 17.8. The third-order valence-corrected chi connectivity index (χ3v) is 4.16. The number of aromatic nitrogens is 2. The van der Waals surface area contributed by atoms with Gasteiger partial charge in [-0.3, -0.25) is 0 Å². The molecule has 0 aliphatic heterocycles. The maximum absolute atomic E-state index is 12.5. The molecule has 3 rings (SSSR count). The molecule has 1 aromatic heterocycles. The molecule has 0 aliphatic rings. The second-order valence-corrected chi connectivity index (χ2v) is 6.28. The molecule has 1 atom stereocenters. The molecule has 6 heteroatoms. The second-order valence-electron chi connectivity index (χ2n) is 5.85. The molecule has 2 aromatic carbocycles. The van der Waals surface area contributed by atoms with Crippen molar-refractivity contribution < 1.29 is 4.79 Å². The Morgan fingerprint density at radius 1 is 1.12 bits per heavy atom. The van der Waals surface area contributed by atoms with E-state index in [1.165, 1.54) is 0 Å². The van der Waals surface area contributed by atoms with E-state index < -0.39 is 0 Å². The number of benzene rings is 2. The van der Waals surface area contributed by atoms with Gasteiger partial charge >= 0.3 is 6.03 Å². The molecule has 5 nitrogen and oxygen atoms in total. The van der Waals surface area contributed by atoms with Gasteiger partial charge in [0.2, 0.25) is 0 Å². The summed E-state index contributed by atoms with van der Waals surface area (Å²) in [6.45, 7) is 2.00. The smallest absolute Gasteiger partial charge is 0.320 e. The van der Waals surface area contributed by atoms with Crippen molar-refractivity contribution in [2.45, 2.75) is 13.0 Å². The van der Waals surface area contributed by atoms with Gasteiger partial charge in [-0.05, 0) is 36.8 Å². The predicted octanol–water partition coefficient (Wildman–Crippen LogP) is 4.29. The van der Waals surface area contributed by atoms with Gasteiger partial charge < -0.3 is 15.2 Å². The highest BCUT2D eigenvalue weighted by Gasteiger charge is 2.20. The molecule has 0 fully saturated rings. The van der Waals surface area contributed by atoms with Gasteiger partial charge in [0.25, 0.3) is 0 Å². The Balaban J connectivity index is 1.82. The van der Waals surface area contributed by atoms with Gasteiger partial charge in [-0.25, -0.2) is 9.78 Å². The number of aryl methyl sites for hydroxylation is 2. The highest BCUT2D eigenvalue weighted by atomic mass is 35.5. The van der Waals surface area contributed by atoms with E-state index in [0.717, 1.165) is 22.6 Å². The molecule has 0 bridgehead atoms. The number of amides is 2. The van der Waals surface area contributed by atoms with Crippen LogP contribution in [-0.2, 0) is 7.05 Å². The van der Waals surface area contributed by atoms with Crippen molar-refractivity contribution >= 4 is 23.3 Å². The number of urea groups is 1. The summed E-state index contributed by atoms with van der Waals surface area (Å²) >= 11 is 5.98. The molecular weight excluding hydrogens is 336 g/mol. The van der Waals surface area contributed by atoms with Crippen LogP contribution in [-0.4, -0.2) is 15.6 Å². The van der Waals surface area contributed by atoms with Crippen LogP contribution in [0.4, 0.5) is 10.5 Å². The van der Waals surface area contributed by atoms with E-state index in [9.17, 15) is 4.79 Å². The van der Waals surface area contributed by atoms with Crippen molar-refractivity contribution in [2.75, 3.05) is 5.32 Å². The number of anilines is 1. The Kier molecular flexibility index (Phi) is 5.05. The molecule has 0 unspecified atom stereocenters. The summed E-state index contributed by atoms with van der Waals surface area (Å²) in [4.78, 5) is 16.8. The molecule has 3 aromatic rings. The van der Waals surface area contributed by atoms with Crippen LogP contribution in [0.5, 0.6) is 0 Å². The van der Waals surface area contributed by atoms with Crippen LogP contribution in [0.15, 0.2) is 60.9 Å². The predicted molar refractivity (Wildman–Crippen MR) is 99.8 cm³/mol. The third-order valence-electron chi connectivity index (χ3n) is 3.90. The number of rotatable bonds is 4. The molecule has 0 aliphatic carbocycles. The van der Waals surface area contributed by atoms with Crippen LogP contribution >= 0.6 is 11.6 Å². The van der Waals surface area contributed by atoms with Crippen molar-refractivity contribution in [2.24, 2.45) is 7.05 Å². The van der Waals surface area contributed by atoms with Crippen molar-refractivity contribution in [3.63, 3.8) is 0 Å². The van der Waals surface area contributed by atoms with Crippen molar-refractivity contribution in [3.8, 4) is 0 Å². The first-order chi connectivity index (χ1) is 12.0. The normalized spacial score (nSPS) is 11.8. The van der Waals surface area contributed by atoms with Crippen LogP contribution < -0.4 is 10.6 Å². The molecule has 25 heavy (non-hydrogen) atoms. The number of carbonyl (C=O) groups is 1. The lowest BCUT2D eigenvalue weighted by Crippen LogP contribution is -2.34. The monoisotopic (exact) mass is 354 g/mol. The molecule has 1 heterocycles. The summed E-state index contributed by atoms with van der Waals surface area (Å²) in [6.07, 6.45) is 3.55. The zero-order valence-corrected chi connectivity index (χ0v) is 14.8. The molecule has 0 spiro atoms. The maximum atomic E-state index is 12.5. The van der Waals surface area contributed by atoms with Gasteiger partial charge in [0, 0.05) is 30.2 Å². The minimum atomic E-state index is -0.386. The number of hydrogen-bond donors (Lipinski definition) is 2. The van der Waals surface area contributed by atoms with Crippen molar-refractivity contribution in [3.05, 3.63) is 82.9 Å². The van der Waals surface area contributed by atoms with Gasteiger partial charge in [0.05, 0.1) is 0 Å². The Morgan fingerprint density at radius 2 is 1.80 bits per heavy atom. The van der Waals surface area contributed by atoms with Crippen molar-refractivity contribution in [1.29, 1.82) is 0 Å². The fourth-order valence-electron chi connectivity index (χ4n) is 2.54. The minimum Gasteiger partial charge on any atom is -0.336 e. The standard InChI is InChI=1S/C19H19ClN4O/c1-13-3-9-16(10-4-13)22-19(25)23-17(18-21-11-12-24(18)2)14-5-7-15(20)8-6-14/h3-12,17H,1-2H3,(H2,22,23,25)/t17-/m1/s1. The first-order valence-corrected chi connectivity index (χ1v) is 8.27. The highest BCUT2D eigenvalue weighted by molar-refractivity contribution is 6.30. The molecule has 2 N–H and O–H groups in total. The van der Waals surface area contributed by atoms with Gasteiger partial charge in [-0.15, -0.1) is 0 Å². The lowest BCUT2D eigenvalue weighted by Gasteiger charge is -2.19. The molecule has 0 saturated heterocycles. The molecular formula is C19H19ClN4O. The average molecular weight is 355 g/mol. The van der Waals surface area contributed by atoms with Gasteiger partial charge in [0.15, 0.2) is 0 Å². The van der Waals surface area contributed by atoms with Crippen LogP contribution in [0.25, 0.3) is 0 Å². The number of hydrogen-bond acceptors (Lipinski definition) is 2. The summed E-state index contributed by atoms with van der Waals surface area (Å²) in [5.41, 5.74) is 2.77. The van der Waals surface area contributed by atoms with E-state index in [0.29, 0.717) is 5.02 Å². The van der Waals surface area contributed by atoms with Crippen molar-refractivity contribution in [1.82, 2.24) is 14.9 Å². The SMILES string of the molecule is Cc1ccc(NC(=O)N[C@H](c2ccc(Cl)cc2)c2nccn2C)cc1. The lowest BCUT2D eigenvalue weighted by atomic mass is 10.1. The second kappa shape index (κ2) is 7.40. The van der Waals surface area contributed by atoms with Crippen LogP contribution in [0.3, 0.4) is 0 Å². The molecule has 2 amide bonds. The molecule has 0 saturated carbocycles. The quantitative estimate of drug-likeness (QED) is 0.734. The number of imidazole rings is 1. The zero-order valence-electron chi connectivity index (χ0n) is 14.0. The Hall–Kier alpha value is -2.79. The fourth-order valence-corrected chi connectivity index (χ4v) is 2.67. The molecule has 128 valence electrons. The lowest BCUT2D eigenvalue weighted by molar-refractivity contribution is 0.249. The summed E-state index contributed by atoms with van der Waals surface area (Å²) in [5.74, 6) is 0.737. The number of halogens is 1. The van der Waals surface area contributed by atoms with E-state index in [4.69, 9.17) is 11.6 Å².